The topological polar surface area (TPSA) is 39.7 Å². The summed E-state index contributed by atoms with van der Waals surface area (Å²) in [7, 11) is 0. The summed E-state index contributed by atoms with van der Waals surface area (Å²) >= 11 is 0. The van der Waals surface area contributed by atoms with E-state index < -0.39 is 0 Å². The highest BCUT2D eigenvalue weighted by atomic mass is 16.2. The molecule has 5 rings (SSSR count). The molecule has 1 saturated heterocycles. The first kappa shape index (κ1) is 18.7. The molecule has 1 fully saturated rings. The molecule has 30 heavy (non-hydrogen) atoms. The van der Waals surface area contributed by atoms with Crippen molar-refractivity contribution >= 4 is 23.0 Å². The number of piperazine rings is 1. The maximum absolute atomic E-state index is 13.2. The van der Waals surface area contributed by atoms with Gasteiger partial charge in [0, 0.05) is 55.5 Å². The number of aromatic nitrogens is 1. The van der Waals surface area contributed by atoms with Crippen LogP contribution >= 0.6 is 0 Å². The average Bonchev–Trinajstić information content (AvgIpc) is 3.15. The van der Waals surface area contributed by atoms with Gasteiger partial charge in [-0.2, -0.15) is 0 Å². The van der Waals surface area contributed by atoms with Gasteiger partial charge in [0.05, 0.1) is 0 Å². The van der Waals surface area contributed by atoms with E-state index in [1.165, 1.54) is 16.9 Å². The van der Waals surface area contributed by atoms with Gasteiger partial charge >= 0.3 is 0 Å². The van der Waals surface area contributed by atoms with Crippen molar-refractivity contribution in [1.29, 1.82) is 0 Å². The summed E-state index contributed by atoms with van der Waals surface area (Å²) in [4.78, 5) is 24.2. The Kier molecular flexibility index (Phi) is 4.87. The van der Waals surface area contributed by atoms with E-state index in [-0.39, 0.29) is 5.91 Å². The van der Waals surface area contributed by atoms with Gasteiger partial charge in [0.2, 0.25) is 0 Å². The smallest absolute Gasteiger partial charge is 0.272 e. The first-order chi connectivity index (χ1) is 14.7. The van der Waals surface area contributed by atoms with Gasteiger partial charge in [-0.25, -0.2) is 0 Å². The zero-order valence-corrected chi connectivity index (χ0v) is 17.2. The summed E-state index contributed by atoms with van der Waals surface area (Å²) < 4.78 is 0. The van der Waals surface area contributed by atoms with Crippen LogP contribution in [0.15, 0.2) is 72.9 Å². The summed E-state index contributed by atoms with van der Waals surface area (Å²) in [5.74, 6) is 0.0182. The van der Waals surface area contributed by atoms with Crippen LogP contribution in [-0.4, -0.2) is 48.0 Å². The Morgan fingerprint density at radius 2 is 1.63 bits per heavy atom. The van der Waals surface area contributed by atoms with E-state index in [4.69, 9.17) is 0 Å². The van der Waals surface area contributed by atoms with Crippen LogP contribution in [0.1, 0.15) is 23.0 Å². The highest BCUT2D eigenvalue weighted by Crippen LogP contribution is 2.38. The van der Waals surface area contributed by atoms with E-state index in [2.05, 4.69) is 70.2 Å². The first-order valence-corrected chi connectivity index (χ1v) is 10.6. The summed E-state index contributed by atoms with van der Waals surface area (Å²) in [5.41, 5.74) is 5.36. The van der Waals surface area contributed by atoms with Crippen molar-refractivity contribution in [3.05, 3.63) is 84.2 Å². The Morgan fingerprint density at radius 3 is 2.43 bits per heavy atom. The van der Waals surface area contributed by atoms with Crippen LogP contribution in [0.2, 0.25) is 0 Å². The lowest BCUT2D eigenvalue weighted by Crippen LogP contribution is -2.49. The van der Waals surface area contributed by atoms with Crippen LogP contribution in [0.4, 0.5) is 17.1 Å². The van der Waals surface area contributed by atoms with Gasteiger partial charge in [0.15, 0.2) is 0 Å². The fraction of sp³-hybridized carbons (Fsp3) is 0.280. The Balaban J connectivity index is 1.32. The molecule has 0 radical (unpaired) electrons. The van der Waals surface area contributed by atoms with Crippen molar-refractivity contribution in [3.8, 4) is 0 Å². The van der Waals surface area contributed by atoms with Crippen molar-refractivity contribution in [2.45, 2.75) is 19.4 Å². The molecule has 0 saturated carbocycles. The van der Waals surface area contributed by atoms with Gasteiger partial charge in [0.1, 0.15) is 5.69 Å². The van der Waals surface area contributed by atoms with Gasteiger partial charge in [-0.15, -0.1) is 0 Å². The Bertz CT molecular complexity index is 1040. The second-order valence-electron chi connectivity index (χ2n) is 8.07. The fourth-order valence-electron chi connectivity index (χ4n) is 4.61. The molecule has 2 aromatic carbocycles. The quantitative estimate of drug-likeness (QED) is 0.665. The number of hydrogen-bond acceptors (Lipinski definition) is 4. The normalized spacial score (nSPS) is 18.4. The summed E-state index contributed by atoms with van der Waals surface area (Å²) in [6.07, 6.45) is 2.78. The van der Waals surface area contributed by atoms with E-state index >= 15 is 0 Å². The molecule has 0 N–H and O–H groups in total. The van der Waals surface area contributed by atoms with Gasteiger partial charge in [-0.1, -0.05) is 36.4 Å². The minimum Gasteiger partial charge on any atom is -0.368 e. The zero-order valence-electron chi connectivity index (χ0n) is 17.2. The summed E-state index contributed by atoms with van der Waals surface area (Å²) in [6.45, 7) is 5.33. The van der Waals surface area contributed by atoms with E-state index in [1.807, 2.05) is 23.1 Å². The van der Waals surface area contributed by atoms with Crippen molar-refractivity contribution < 1.29 is 4.79 Å². The van der Waals surface area contributed by atoms with Crippen molar-refractivity contribution in [2.24, 2.45) is 0 Å². The lowest BCUT2D eigenvalue weighted by molar-refractivity contribution is 0.0741. The standard InChI is InChI=1S/C25H26N4O/c1-19-17-20-7-5-6-10-24(20)29(19)22-11-12-26-23(18-22)25(30)28-15-13-27(14-16-28)21-8-3-2-4-9-21/h2-12,18-19H,13-17H2,1H3. The van der Waals surface area contributed by atoms with Crippen molar-refractivity contribution in [3.63, 3.8) is 0 Å². The molecule has 5 heteroatoms. The molecule has 152 valence electrons. The molecular weight excluding hydrogens is 372 g/mol. The van der Waals surface area contributed by atoms with Crippen LogP contribution in [0.5, 0.6) is 0 Å². The van der Waals surface area contributed by atoms with Crippen molar-refractivity contribution in [1.82, 2.24) is 9.88 Å². The Hall–Kier alpha value is -3.34. The van der Waals surface area contributed by atoms with Crippen LogP contribution in [-0.2, 0) is 6.42 Å². The number of hydrogen-bond donors (Lipinski definition) is 0. The molecular formula is C25H26N4O. The second-order valence-corrected chi connectivity index (χ2v) is 8.07. The molecule has 1 atom stereocenters. The number of anilines is 3. The summed E-state index contributed by atoms with van der Waals surface area (Å²) in [6, 6.07) is 23.2. The number of benzene rings is 2. The number of fused-ring (bicyclic) bond motifs is 1. The molecule has 0 bridgehead atoms. The predicted octanol–water partition coefficient (Wildman–Crippen LogP) is 4.13. The molecule has 3 aromatic rings. The highest BCUT2D eigenvalue weighted by molar-refractivity contribution is 5.93. The molecule has 0 aliphatic carbocycles. The Labute approximate surface area is 177 Å². The second kappa shape index (κ2) is 7.82. The average molecular weight is 399 g/mol. The summed E-state index contributed by atoms with van der Waals surface area (Å²) in [5, 5.41) is 0. The van der Waals surface area contributed by atoms with E-state index in [1.54, 1.807) is 6.20 Å². The third-order valence-corrected chi connectivity index (χ3v) is 6.14. The van der Waals surface area contributed by atoms with Gasteiger partial charge in [0.25, 0.3) is 5.91 Å². The monoisotopic (exact) mass is 398 g/mol. The van der Waals surface area contributed by atoms with Crippen LogP contribution in [0.25, 0.3) is 0 Å². The number of nitrogens with zero attached hydrogens (tertiary/aromatic N) is 4. The molecule has 1 unspecified atom stereocenters. The number of amides is 1. The minimum atomic E-state index is 0.0182. The number of pyridine rings is 1. The molecule has 1 aromatic heterocycles. The third-order valence-electron chi connectivity index (χ3n) is 6.14. The van der Waals surface area contributed by atoms with Gasteiger partial charge in [-0.3, -0.25) is 9.78 Å². The third kappa shape index (κ3) is 3.41. The zero-order chi connectivity index (χ0) is 20.5. The van der Waals surface area contributed by atoms with E-state index in [0.717, 1.165) is 25.2 Å². The van der Waals surface area contributed by atoms with Crippen LogP contribution in [0, 0.1) is 0 Å². The molecule has 3 heterocycles. The predicted molar refractivity (Wildman–Crippen MR) is 121 cm³/mol. The number of rotatable bonds is 3. The minimum absolute atomic E-state index is 0.0182. The first-order valence-electron chi connectivity index (χ1n) is 10.6. The van der Waals surface area contributed by atoms with Crippen LogP contribution < -0.4 is 9.80 Å². The Morgan fingerprint density at radius 1 is 0.900 bits per heavy atom. The maximum atomic E-state index is 13.2. The fourth-order valence-corrected chi connectivity index (χ4v) is 4.61. The number of carbonyl (C=O) groups is 1. The molecule has 1 amide bonds. The number of para-hydroxylation sites is 2. The van der Waals surface area contributed by atoms with E-state index in [0.29, 0.717) is 24.8 Å². The highest BCUT2D eigenvalue weighted by Gasteiger charge is 2.28. The molecule has 2 aliphatic rings. The van der Waals surface area contributed by atoms with Gasteiger partial charge in [-0.05, 0) is 49.2 Å². The molecule has 5 nitrogen and oxygen atoms in total. The van der Waals surface area contributed by atoms with Crippen molar-refractivity contribution in [2.75, 3.05) is 36.0 Å². The van der Waals surface area contributed by atoms with Gasteiger partial charge < -0.3 is 14.7 Å². The van der Waals surface area contributed by atoms with Crippen LogP contribution in [0.3, 0.4) is 0 Å². The maximum Gasteiger partial charge on any atom is 0.272 e. The largest absolute Gasteiger partial charge is 0.368 e. The van der Waals surface area contributed by atoms with E-state index in [9.17, 15) is 4.79 Å². The molecule has 0 spiro atoms. The lowest BCUT2D eigenvalue weighted by Gasteiger charge is -2.36. The number of carbonyl (C=O) groups excluding carboxylic acids is 1. The lowest BCUT2D eigenvalue weighted by atomic mass is 10.1. The molecule has 2 aliphatic heterocycles. The SMILES string of the molecule is CC1Cc2ccccc2N1c1ccnc(C(=O)N2CCN(c3ccccc3)CC2)c1.